The van der Waals surface area contributed by atoms with Crippen LogP contribution in [0.4, 0.5) is 13.2 Å². The Labute approximate surface area is 141 Å². The highest BCUT2D eigenvalue weighted by Crippen LogP contribution is 2.31. The van der Waals surface area contributed by atoms with E-state index in [0.29, 0.717) is 11.5 Å². The molecule has 2 aromatic rings. The van der Waals surface area contributed by atoms with Gasteiger partial charge in [-0.1, -0.05) is 24.3 Å². The molecule has 8 heteroatoms. The van der Waals surface area contributed by atoms with Crippen LogP contribution in [0, 0.1) is 0 Å². The molecule has 0 saturated carbocycles. The minimum Gasteiger partial charge on any atom is -0.485 e. The maximum Gasteiger partial charge on any atom is 0.416 e. The van der Waals surface area contributed by atoms with Gasteiger partial charge in [0, 0.05) is 0 Å². The number of amides is 1. The Kier molecular flexibility index (Phi) is 4.60. The van der Waals surface area contributed by atoms with E-state index in [1.54, 1.807) is 24.3 Å². The van der Waals surface area contributed by atoms with Gasteiger partial charge >= 0.3 is 6.18 Å². The number of alkyl halides is 3. The van der Waals surface area contributed by atoms with Crippen LogP contribution < -0.4 is 14.9 Å². The molecule has 5 nitrogen and oxygen atoms in total. The van der Waals surface area contributed by atoms with Crippen LogP contribution in [0.3, 0.4) is 0 Å². The first kappa shape index (κ1) is 16.8. The van der Waals surface area contributed by atoms with Crippen molar-refractivity contribution in [1.82, 2.24) is 5.43 Å². The summed E-state index contributed by atoms with van der Waals surface area (Å²) in [5.74, 6) is 0.424. The van der Waals surface area contributed by atoms with Crippen molar-refractivity contribution >= 4 is 12.1 Å². The number of fused-ring (bicyclic) bond motifs is 1. The van der Waals surface area contributed by atoms with Crippen LogP contribution >= 0.6 is 0 Å². The van der Waals surface area contributed by atoms with Crippen molar-refractivity contribution < 1.29 is 27.4 Å². The lowest BCUT2D eigenvalue weighted by molar-refractivity contribution is -0.137. The number of carbonyl (C=O) groups is 1. The molecule has 130 valence electrons. The first-order valence-electron chi connectivity index (χ1n) is 7.32. The molecule has 1 unspecified atom stereocenters. The highest BCUT2D eigenvalue weighted by atomic mass is 19.4. The standard InChI is InChI=1S/C17H13F3N2O3/c18-17(19,20)12-5-3-4-11(8-12)9-21-22-16(23)15-10-24-13-6-1-2-7-14(13)25-15/h1-9,15H,10H2,(H,22,23). The first-order chi connectivity index (χ1) is 11.9. The fraction of sp³-hybridized carbons (Fsp3) is 0.176. The van der Waals surface area contributed by atoms with Crippen molar-refractivity contribution in [2.45, 2.75) is 12.3 Å². The molecular weight excluding hydrogens is 337 g/mol. The van der Waals surface area contributed by atoms with Crippen molar-refractivity contribution in [3.63, 3.8) is 0 Å². The largest absolute Gasteiger partial charge is 0.485 e. The highest BCUT2D eigenvalue weighted by Gasteiger charge is 2.30. The van der Waals surface area contributed by atoms with Crippen LogP contribution in [-0.2, 0) is 11.0 Å². The van der Waals surface area contributed by atoms with E-state index in [4.69, 9.17) is 9.47 Å². The molecule has 0 bridgehead atoms. The molecule has 0 aliphatic carbocycles. The number of hydrogen-bond donors (Lipinski definition) is 1. The van der Waals surface area contributed by atoms with Crippen LogP contribution in [0.5, 0.6) is 11.5 Å². The molecule has 0 radical (unpaired) electrons. The molecule has 2 aromatic carbocycles. The van der Waals surface area contributed by atoms with E-state index in [2.05, 4.69) is 10.5 Å². The predicted molar refractivity (Wildman–Crippen MR) is 83.5 cm³/mol. The van der Waals surface area contributed by atoms with Gasteiger partial charge in [0.15, 0.2) is 11.5 Å². The Hall–Kier alpha value is -3.03. The number of nitrogens with zero attached hydrogens (tertiary/aromatic N) is 1. The highest BCUT2D eigenvalue weighted by molar-refractivity contribution is 5.85. The van der Waals surface area contributed by atoms with E-state index in [1.807, 2.05) is 0 Å². The lowest BCUT2D eigenvalue weighted by atomic mass is 10.1. The zero-order valence-electron chi connectivity index (χ0n) is 12.8. The third kappa shape index (κ3) is 4.09. The van der Waals surface area contributed by atoms with Crippen LogP contribution in [0.2, 0.25) is 0 Å². The van der Waals surface area contributed by atoms with E-state index >= 15 is 0 Å². The summed E-state index contributed by atoms with van der Waals surface area (Å²) in [5.41, 5.74) is 1.66. The summed E-state index contributed by atoms with van der Waals surface area (Å²) in [7, 11) is 0. The minimum absolute atomic E-state index is 0.0158. The molecule has 1 amide bonds. The fourth-order valence-electron chi connectivity index (χ4n) is 2.19. The van der Waals surface area contributed by atoms with E-state index in [0.717, 1.165) is 18.3 Å². The Morgan fingerprint density at radius 2 is 1.92 bits per heavy atom. The Bertz CT molecular complexity index is 806. The van der Waals surface area contributed by atoms with Crippen molar-refractivity contribution in [1.29, 1.82) is 0 Å². The third-order valence-corrected chi connectivity index (χ3v) is 3.40. The molecule has 1 heterocycles. The van der Waals surface area contributed by atoms with Crippen molar-refractivity contribution in [3.8, 4) is 11.5 Å². The molecule has 25 heavy (non-hydrogen) atoms. The normalized spacial score (nSPS) is 16.7. The van der Waals surface area contributed by atoms with Gasteiger partial charge in [-0.25, -0.2) is 5.43 Å². The molecular formula is C17H13F3N2O3. The molecule has 0 spiro atoms. The second-order valence-electron chi connectivity index (χ2n) is 5.22. The molecule has 1 atom stereocenters. The Balaban J connectivity index is 1.60. The van der Waals surface area contributed by atoms with Gasteiger partial charge in [0.05, 0.1) is 11.8 Å². The number of ether oxygens (including phenoxy) is 2. The van der Waals surface area contributed by atoms with Crippen LogP contribution in [-0.4, -0.2) is 24.8 Å². The average molecular weight is 350 g/mol. The Morgan fingerprint density at radius 3 is 2.68 bits per heavy atom. The SMILES string of the molecule is O=C(NN=Cc1cccc(C(F)(F)F)c1)C1COc2ccccc2O1. The van der Waals surface area contributed by atoms with E-state index in [9.17, 15) is 18.0 Å². The van der Waals surface area contributed by atoms with Crippen molar-refractivity contribution in [2.75, 3.05) is 6.61 Å². The van der Waals surface area contributed by atoms with Gasteiger partial charge in [-0.15, -0.1) is 0 Å². The maximum atomic E-state index is 12.6. The van der Waals surface area contributed by atoms with Crippen molar-refractivity contribution in [2.24, 2.45) is 5.10 Å². The third-order valence-electron chi connectivity index (χ3n) is 3.40. The molecule has 1 aliphatic heterocycles. The Morgan fingerprint density at radius 1 is 1.16 bits per heavy atom. The molecule has 0 fully saturated rings. The van der Waals surface area contributed by atoms with Crippen LogP contribution in [0.15, 0.2) is 53.6 Å². The number of carbonyl (C=O) groups excluding carboxylic acids is 1. The zero-order valence-corrected chi connectivity index (χ0v) is 12.8. The molecule has 0 aromatic heterocycles. The van der Waals surface area contributed by atoms with Crippen LogP contribution in [0.25, 0.3) is 0 Å². The lowest BCUT2D eigenvalue weighted by Crippen LogP contribution is -2.42. The number of hydrazone groups is 1. The van der Waals surface area contributed by atoms with E-state index in [-0.39, 0.29) is 12.2 Å². The zero-order chi connectivity index (χ0) is 17.9. The van der Waals surface area contributed by atoms with Gasteiger partial charge in [-0.05, 0) is 29.8 Å². The topological polar surface area (TPSA) is 59.9 Å². The summed E-state index contributed by atoms with van der Waals surface area (Å²) in [6.45, 7) is 0.0158. The van der Waals surface area contributed by atoms with Gasteiger partial charge in [-0.2, -0.15) is 18.3 Å². The first-order valence-corrected chi connectivity index (χ1v) is 7.32. The smallest absolute Gasteiger partial charge is 0.416 e. The number of para-hydroxylation sites is 2. The molecule has 0 saturated heterocycles. The summed E-state index contributed by atoms with van der Waals surface area (Å²) in [6.07, 6.45) is -4.20. The summed E-state index contributed by atoms with van der Waals surface area (Å²) >= 11 is 0. The van der Waals surface area contributed by atoms with E-state index in [1.165, 1.54) is 12.1 Å². The van der Waals surface area contributed by atoms with Crippen molar-refractivity contribution in [3.05, 3.63) is 59.7 Å². The summed E-state index contributed by atoms with van der Waals surface area (Å²) in [6, 6.07) is 11.5. The lowest BCUT2D eigenvalue weighted by Gasteiger charge is -2.24. The van der Waals surface area contributed by atoms with Gasteiger partial charge in [0.25, 0.3) is 5.91 Å². The number of halogens is 3. The van der Waals surface area contributed by atoms with Gasteiger partial charge < -0.3 is 9.47 Å². The second-order valence-corrected chi connectivity index (χ2v) is 5.22. The number of nitrogens with one attached hydrogen (secondary N) is 1. The number of rotatable bonds is 3. The maximum absolute atomic E-state index is 12.6. The second kappa shape index (κ2) is 6.84. The van der Waals surface area contributed by atoms with Crippen LogP contribution in [0.1, 0.15) is 11.1 Å². The fourth-order valence-corrected chi connectivity index (χ4v) is 2.19. The van der Waals surface area contributed by atoms with Gasteiger partial charge in [-0.3, -0.25) is 4.79 Å². The quantitative estimate of drug-likeness (QED) is 0.684. The van der Waals surface area contributed by atoms with E-state index < -0.39 is 23.8 Å². The monoisotopic (exact) mass is 350 g/mol. The summed E-state index contributed by atoms with van der Waals surface area (Å²) < 4.78 is 48.8. The van der Waals surface area contributed by atoms with Gasteiger partial charge in [0.1, 0.15) is 6.61 Å². The average Bonchev–Trinajstić information content (AvgIpc) is 2.61. The summed E-state index contributed by atoms with van der Waals surface area (Å²) in [4.78, 5) is 12.0. The number of benzene rings is 2. The van der Waals surface area contributed by atoms with Gasteiger partial charge in [0.2, 0.25) is 6.10 Å². The predicted octanol–water partition coefficient (Wildman–Crippen LogP) is 3.00. The summed E-state index contributed by atoms with van der Waals surface area (Å²) in [5, 5.41) is 3.67. The minimum atomic E-state index is -4.44. The molecule has 1 aliphatic rings. The number of hydrogen-bond acceptors (Lipinski definition) is 4. The molecule has 3 rings (SSSR count). The molecule has 1 N–H and O–H groups in total.